The number of hydrogen-bond acceptors (Lipinski definition) is 2. The van der Waals surface area contributed by atoms with E-state index in [1.165, 1.54) is 12.1 Å². The van der Waals surface area contributed by atoms with Crippen LogP contribution in [0.2, 0.25) is 5.02 Å². The predicted octanol–water partition coefficient (Wildman–Crippen LogP) is 4.43. The summed E-state index contributed by atoms with van der Waals surface area (Å²) in [5.41, 5.74) is 8.02. The van der Waals surface area contributed by atoms with Gasteiger partial charge in [-0.2, -0.15) is 0 Å². The molecule has 0 atom stereocenters. The molecule has 2 aromatic carbocycles. The molecule has 5 heteroatoms. The Morgan fingerprint density at radius 1 is 1.20 bits per heavy atom. The molecule has 0 saturated heterocycles. The average molecular weight is 316 g/mol. The number of hydrogen-bond donors (Lipinski definition) is 1. The molecule has 0 aliphatic carbocycles. The Morgan fingerprint density at radius 3 is 2.60 bits per heavy atom. The van der Waals surface area contributed by atoms with E-state index >= 15 is 0 Å². The van der Waals surface area contributed by atoms with Gasteiger partial charge in [0.25, 0.3) is 0 Å². The molecule has 0 saturated carbocycles. The fraction of sp³-hybridized carbons (Fsp3) is 0.200. The van der Waals surface area contributed by atoms with E-state index in [1.54, 1.807) is 6.07 Å². The Labute approximate surface area is 129 Å². The van der Waals surface area contributed by atoms with Crippen molar-refractivity contribution < 1.29 is 9.13 Å². The van der Waals surface area contributed by atoms with E-state index in [-0.39, 0.29) is 18.2 Å². The van der Waals surface area contributed by atoms with E-state index in [9.17, 15) is 4.39 Å². The van der Waals surface area contributed by atoms with Gasteiger partial charge in [-0.1, -0.05) is 11.6 Å². The number of nitrogens with two attached hydrogens (primary N) is 1. The van der Waals surface area contributed by atoms with Crippen LogP contribution >= 0.6 is 24.0 Å². The fourth-order valence-corrected chi connectivity index (χ4v) is 2.13. The molecule has 0 amide bonds. The van der Waals surface area contributed by atoms with E-state index in [0.717, 1.165) is 11.1 Å². The highest BCUT2D eigenvalue weighted by Crippen LogP contribution is 2.32. The molecule has 0 aliphatic heterocycles. The lowest BCUT2D eigenvalue weighted by Gasteiger charge is -2.11. The highest BCUT2D eigenvalue weighted by Gasteiger charge is 2.08. The minimum absolute atomic E-state index is 0. The maximum atomic E-state index is 13.3. The Morgan fingerprint density at radius 2 is 1.95 bits per heavy atom. The van der Waals surface area contributed by atoms with Gasteiger partial charge in [0.15, 0.2) is 0 Å². The minimum Gasteiger partial charge on any atom is -0.494 e. The third-order valence-corrected chi connectivity index (χ3v) is 3.08. The molecule has 0 bridgehead atoms. The number of halogens is 3. The first-order chi connectivity index (χ1) is 9.13. The average Bonchev–Trinajstić information content (AvgIpc) is 2.41. The highest BCUT2D eigenvalue weighted by atomic mass is 35.5. The van der Waals surface area contributed by atoms with Crippen LogP contribution in [0.25, 0.3) is 11.1 Å². The lowest BCUT2D eigenvalue weighted by Crippen LogP contribution is -1.99. The molecule has 108 valence electrons. The molecule has 0 fully saturated rings. The van der Waals surface area contributed by atoms with Crippen LogP contribution in [0.1, 0.15) is 12.5 Å². The van der Waals surface area contributed by atoms with Gasteiger partial charge in [-0.25, -0.2) is 4.39 Å². The van der Waals surface area contributed by atoms with Crippen molar-refractivity contribution in [2.45, 2.75) is 13.5 Å². The zero-order valence-electron chi connectivity index (χ0n) is 11.0. The number of ether oxygens (including phenoxy) is 1. The lowest BCUT2D eigenvalue weighted by atomic mass is 10.0. The highest BCUT2D eigenvalue weighted by molar-refractivity contribution is 6.33. The van der Waals surface area contributed by atoms with E-state index in [4.69, 9.17) is 22.1 Å². The Bertz CT molecular complexity index is 590. The molecule has 2 aromatic rings. The van der Waals surface area contributed by atoms with Crippen molar-refractivity contribution in [2.75, 3.05) is 6.61 Å². The smallest absolute Gasteiger partial charge is 0.123 e. The summed E-state index contributed by atoms with van der Waals surface area (Å²) in [6.07, 6.45) is 0. The molecule has 2 N–H and O–H groups in total. The summed E-state index contributed by atoms with van der Waals surface area (Å²) in [5, 5.41) is 0.498. The van der Waals surface area contributed by atoms with Crippen molar-refractivity contribution in [3.05, 3.63) is 52.8 Å². The quantitative estimate of drug-likeness (QED) is 0.906. The predicted molar refractivity (Wildman–Crippen MR) is 83.2 cm³/mol. The van der Waals surface area contributed by atoms with Gasteiger partial charge in [-0.05, 0) is 54.4 Å². The van der Waals surface area contributed by atoms with Crippen LogP contribution in [0.3, 0.4) is 0 Å². The van der Waals surface area contributed by atoms with Crippen LogP contribution < -0.4 is 10.5 Å². The van der Waals surface area contributed by atoms with Gasteiger partial charge in [-0.3, -0.25) is 0 Å². The zero-order valence-corrected chi connectivity index (χ0v) is 12.6. The topological polar surface area (TPSA) is 35.2 Å². The van der Waals surface area contributed by atoms with Crippen molar-refractivity contribution in [1.29, 1.82) is 0 Å². The zero-order chi connectivity index (χ0) is 13.8. The maximum Gasteiger partial charge on any atom is 0.123 e. The first kappa shape index (κ1) is 16.8. The van der Waals surface area contributed by atoms with Gasteiger partial charge in [-0.15, -0.1) is 12.4 Å². The molecule has 0 unspecified atom stereocenters. The molecular formula is C15H16Cl2FNO. The van der Waals surface area contributed by atoms with Crippen molar-refractivity contribution in [2.24, 2.45) is 5.73 Å². The summed E-state index contributed by atoms with van der Waals surface area (Å²) in [5.74, 6) is 0.385. The first-order valence-corrected chi connectivity index (χ1v) is 6.44. The molecule has 0 heterocycles. The van der Waals surface area contributed by atoms with Crippen LogP contribution in [-0.2, 0) is 6.54 Å². The maximum absolute atomic E-state index is 13.3. The fourth-order valence-electron chi connectivity index (χ4n) is 1.90. The summed E-state index contributed by atoms with van der Waals surface area (Å²) in [7, 11) is 0. The molecule has 2 rings (SSSR count). The number of benzene rings is 2. The summed E-state index contributed by atoms with van der Waals surface area (Å²) < 4.78 is 18.8. The van der Waals surface area contributed by atoms with Gasteiger partial charge in [0.05, 0.1) is 6.61 Å². The van der Waals surface area contributed by atoms with E-state index in [0.29, 0.717) is 29.5 Å². The van der Waals surface area contributed by atoms with E-state index in [2.05, 4.69) is 0 Å². The SMILES string of the molecule is CCOc1cc(CN)cc(-c2cc(F)ccc2Cl)c1.Cl. The van der Waals surface area contributed by atoms with Crippen molar-refractivity contribution in [3.8, 4) is 16.9 Å². The molecule has 0 radical (unpaired) electrons. The summed E-state index contributed by atoms with van der Waals surface area (Å²) in [6.45, 7) is 2.86. The third kappa shape index (κ3) is 3.85. The van der Waals surface area contributed by atoms with Gasteiger partial charge < -0.3 is 10.5 Å². The monoisotopic (exact) mass is 315 g/mol. The Hall–Kier alpha value is -1.29. The van der Waals surface area contributed by atoms with Crippen LogP contribution in [0, 0.1) is 5.82 Å². The van der Waals surface area contributed by atoms with Crippen LogP contribution in [-0.4, -0.2) is 6.61 Å². The minimum atomic E-state index is -0.324. The standard InChI is InChI=1S/C15H15ClFNO.ClH/c1-2-19-13-6-10(9-18)5-11(7-13)14-8-12(17)3-4-15(14)16;/h3-8H,2,9,18H2,1H3;1H. The summed E-state index contributed by atoms with van der Waals surface area (Å²) in [4.78, 5) is 0. The lowest BCUT2D eigenvalue weighted by molar-refractivity contribution is 0.340. The summed E-state index contributed by atoms with van der Waals surface area (Å²) >= 11 is 6.12. The van der Waals surface area contributed by atoms with Gasteiger partial charge in [0.2, 0.25) is 0 Å². The first-order valence-electron chi connectivity index (χ1n) is 6.06. The molecule has 20 heavy (non-hydrogen) atoms. The van der Waals surface area contributed by atoms with Gasteiger partial charge in [0.1, 0.15) is 11.6 Å². The second-order valence-corrected chi connectivity index (χ2v) is 4.53. The van der Waals surface area contributed by atoms with Crippen molar-refractivity contribution >= 4 is 24.0 Å². The van der Waals surface area contributed by atoms with Crippen LogP contribution in [0.15, 0.2) is 36.4 Å². The molecule has 2 nitrogen and oxygen atoms in total. The van der Waals surface area contributed by atoms with E-state index < -0.39 is 0 Å². The largest absolute Gasteiger partial charge is 0.494 e. The van der Waals surface area contributed by atoms with Crippen molar-refractivity contribution in [3.63, 3.8) is 0 Å². The van der Waals surface area contributed by atoms with Crippen LogP contribution in [0.5, 0.6) is 5.75 Å². The van der Waals surface area contributed by atoms with Crippen LogP contribution in [0.4, 0.5) is 4.39 Å². The Kier molecular flexibility index (Phi) is 6.27. The van der Waals surface area contributed by atoms with Gasteiger partial charge >= 0.3 is 0 Å². The second-order valence-electron chi connectivity index (χ2n) is 4.13. The Balaban J connectivity index is 0.00000200. The molecule has 0 spiro atoms. The molecule has 0 aromatic heterocycles. The van der Waals surface area contributed by atoms with E-state index in [1.807, 2.05) is 25.1 Å². The summed E-state index contributed by atoms with van der Waals surface area (Å²) in [6, 6.07) is 9.89. The molecular weight excluding hydrogens is 300 g/mol. The molecule has 0 aliphatic rings. The normalized spacial score (nSPS) is 10.0. The van der Waals surface area contributed by atoms with Crippen molar-refractivity contribution in [1.82, 2.24) is 0 Å². The van der Waals surface area contributed by atoms with Gasteiger partial charge in [0, 0.05) is 17.1 Å². The number of rotatable bonds is 4. The third-order valence-electron chi connectivity index (χ3n) is 2.75. The second kappa shape index (κ2) is 7.48.